The lowest BCUT2D eigenvalue weighted by Crippen LogP contribution is -2.21. The van der Waals surface area contributed by atoms with Crippen molar-refractivity contribution >= 4 is 29.1 Å². The van der Waals surface area contributed by atoms with Crippen LogP contribution < -0.4 is 20.1 Å². The lowest BCUT2D eigenvalue weighted by Gasteiger charge is -2.14. The average Bonchev–Trinajstić information content (AvgIpc) is 2.54. The van der Waals surface area contributed by atoms with Crippen LogP contribution in [0.15, 0.2) is 30.5 Å². The van der Waals surface area contributed by atoms with Gasteiger partial charge in [0.25, 0.3) is 0 Å². The van der Waals surface area contributed by atoms with Crippen LogP contribution in [0.4, 0.5) is 20.7 Å². The number of nitrogens with zero attached hydrogens (tertiary/aromatic N) is 1. The van der Waals surface area contributed by atoms with E-state index in [4.69, 9.17) is 21.1 Å². The Morgan fingerprint density at radius 1 is 1.26 bits per heavy atom. The number of carbonyl (C=O) groups excluding carboxylic acids is 1. The highest BCUT2D eigenvalue weighted by Crippen LogP contribution is 2.33. The molecule has 23 heavy (non-hydrogen) atoms. The SMILES string of the molecule is CCOc1ccc(OC)c(NC(=O)Nc2ccc(Cl)cn2)c1F. The Morgan fingerprint density at radius 3 is 2.61 bits per heavy atom. The summed E-state index contributed by atoms with van der Waals surface area (Å²) in [4.78, 5) is 15.9. The summed E-state index contributed by atoms with van der Waals surface area (Å²) < 4.78 is 24.6. The number of hydrogen-bond donors (Lipinski definition) is 2. The predicted molar refractivity (Wildman–Crippen MR) is 86.0 cm³/mol. The highest BCUT2D eigenvalue weighted by Gasteiger charge is 2.17. The summed E-state index contributed by atoms with van der Waals surface area (Å²) in [6, 6.07) is 5.35. The number of urea groups is 1. The molecule has 2 aromatic rings. The molecular formula is C15H15ClFN3O3. The van der Waals surface area contributed by atoms with Crippen LogP contribution in [-0.2, 0) is 0 Å². The van der Waals surface area contributed by atoms with Crippen molar-refractivity contribution in [3.63, 3.8) is 0 Å². The molecule has 2 N–H and O–H groups in total. The third-order valence-electron chi connectivity index (χ3n) is 2.80. The number of pyridine rings is 1. The van der Waals surface area contributed by atoms with Crippen LogP contribution >= 0.6 is 11.6 Å². The first-order valence-electron chi connectivity index (χ1n) is 6.74. The molecule has 6 nitrogen and oxygen atoms in total. The van der Waals surface area contributed by atoms with Crippen molar-refractivity contribution in [1.29, 1.82) is 0 Å². The van der Waals surface area contributed by atoms with Gasteiger partial charge >= 0.3 is 6.03 Å². The molecule has 0 saturated carbocycles. The molecule has 0 aliphatic carbocycles. The van der Waals surface area contributed by atoms with E-state index in [1.54, 1.807) is 13.0 Å². The number of anilines is 2. The van der Waals surface area contributed by atoms with Crippen LogP contribution in [0.2, 0.25) is 5.02 Å². The quantitative estimate of drug-likeness (QED) is 0.865. The zero-order valence-corrected chi connectivity index (χ0v) is 13.3. The van der Waals surface area contributed by atoms with Crippen molar-refractivity contribution in [3.8, 4) is 11.5 Å². The van der Waals surface area contributed by atoms with E-state index in [1.807, 2.05) is 0 Å². The van der Waals surface area contributed by atoms with Gasteiger partial charge in [-0.25, -0.2) is 14.2 Å². The van der Waals surface area contributed by atoms with Crippen LogP contribution in [0.25, 0.3) is 0 Å². The minimum absolute atomic E-state index is 0.0215. The van der Waals surface area contributed by atoms with E-state index < -0.39 is 11.8 Å². The van der Waals surface area contributed by atoms with E-state index in [2.05, 4.69) is 15.6 Å². The third kappa shape index (κ3) is 4.23. The molecule has 1 heterocycles. The topological polar surface area (TPSA) is 72.5 Å². The molecule has 2 rings (SSSR count). The van der Waals surface area contributed by atoms with Crippen molar-refractivity contribution in [2.45, 2.75) is 6.92 Å². The van der Waals surface area contributed by atoms with Gasteiger partial charge in [-0.05, 0) is 31.2 Å². The summed E-state index contributed by atoms with van der Waals surface area (Å²) in [5, 5.41) is 5.29. The Labute approximate surface area is 137 Å². The van der Waals surface area contributed by atoms with E-state index in [-0.39, 0.29) is 23.0 Å². The second-order valence-electron chi connectivity index (χ2n) is 4.33. The highest BCUT2D eigenvalue weighted by molar-refractivity contribution is 6.30. The Balaban J connectivity index is 2.18. The fourth-order valence-electron chi connectivity index (χ4n) is 1.80. The van der Waals surface area contributed by atoms with Crippen LogP contribution in [0.3, 0.4) is 0 Å². The number of nitrogens with one attached hydrogen (secondary N) is 2. The van der Waals surface area contributed by atoms with Gasteiger partial charge in [-0.1, -0.05) is 11.6 Å². The number of amides is 2. The van der Waals surface area contributed by atoms with E-state index in [0.717, 1.165) is 0 Å². The number of hydrogen-bond acceptors (Lipinski definition) is 4. The number of rotatable bonds is 5. The minimum atomic E-state index is -0.717. The van der Waals surface area contributed by atoms with E-state index in [0.29, 0.717) is 11.6 Å². The highest BCUT2D eigenvalue weighted by atomic mass is 35.5. The van der Waals surface area contributed by atoms with Crippen molar-refractivity contribution in [2.24, 2.45) is 0 Å². The normalized spacial score (nSPS) is 10.1. The number of benzene rings is 1. The predicted octanol–water partition coefficient (Wildman–Crippen LogP) is 3.93. The van der Waals surface area contributed by atoms with E-state index >= 15 is 0 Å². The van der Waals surface area contributed by atoms with Gasteiger partial charge in [0.15, 0.2) is 11.6 Å². The molecular weight excluding hydrogens is 325 g/mol. The maximum Gasteiger partial charge on any atom is 0.325 e. The third-order valence-corrected chi connectivity index (χ3v) is 3.02. The van der Waals surface area contributed by atoms with Gasteiger partial charge < -0.3 is 14.8 Å². The first-order chi connectivity index (χ1) is 11.0. The summed E-state index contributed by atoms with van der Waals surface area (Å²) in [7, 11) is 1.37. The van der Waals surface area contributed by atoms with Crippen LogP contribution in [0, 0.1) is 5.82 Å². The van der Waals surface area contributed by atoms with Gasteiger partial charge in [0.2, 0.25) is 0 Å². The first kappa shape index (κ1) is 16.8. The molecule has 0 unspecified atom stereocenters. The molecule has 0 atom stereocenters. The zero-order chi connectivity index (χ0) is 16.8. The fraction of sp³-hybridized carbons (Fsp3) is 0.200. The molecule has 2 amide bonds. The van der Waals surface area contributed by atoms with E-state index in [1.165, 1.54) is 31.5 Å². The number of aromatic nitrogens is 1. The van der Waals surface area contributed by atoms with Gasteiger partial charge in [-0.3, -0.25) is 5.32 Å². The average molecular weight is 340 g/mol. The number of carbonyl (C=O) groups is 1. The molecule has 0 radical (unpaired) electrons. The molecule has 0 spiro atoms. The number of methoxy groups -OCH3 is 1. The standard InChI is InChI=1S/C15H15ClFN3O3/c1-3-23-10-5-6-11(22-2)14(13(10)17)20-15(21)19-12-7-4-9(16)8-18-12/h4-8H,3H2,1-2H3,(H2,18,19,20,21). The van der Waals surface area contributed by atoms with Gasteiger partial charge in [0.1, 0.15) is 17.3 Å². The van der Waals surface area contributed by atoms with Crippen molar-refractivity contribution in [1.82, 2.24) is 4.98 Å². The Hall–Kier alpha value is -2.54. The first-order valence-corrected chi connectivity index (χ1v) is 7.11. The van der Waals surface area contributed by atoms with Crippen LogP contribution in [0.5, 0.6) is 11.5 Å². The maximum atomic E-state index is 14.4. The lowest BCUT2D eigenvalue weighted by atomic mass is 10.2. The molecule has 122 valence electrons. The second kappa shape index (κ2) is 7.64. The van der Waals surface area contributed by atoms with Crippen molar-refractivity contribution in [2.75, 3.05) is 24.4 Å². The molecule has 0 aliphatic rings. The summed E-state index contributed by atoms with van der Waals surface area (Å²) in [6.45, 7) is 2.03. The minimum Gasteiger partial charge on any atom is -0.494 e. The van der Waals surface area contributed by atoms with E-state index in [9.17, 15) is 9.18 Å². The Morgan fingerprint density at radius 2 is 2.00 bits per heavy atom. The molecule has 1 aromatic carbocycles. The van der Waals surface area contributed by atoms with Crippen LogP contribution in [0.1, 0.15) is 6.92 Å². The molecule has 0 saturated heterocycles. The fourth-order valence-corrected chi connectivity index (χ4v) is 1.92. The lowest BCUT2D eigenvalue weighted by molar-refractivity contribution is 0.261. The van der Waals surface area contributed by atoms with Gasteiger partial charge in [-0.2, -0.15) is 0 Å². The molecule has 0 aliphatic heterocycles. The second-order valence-corrected chi connectivity index (χ2v) is 4.77. The Bertz CT molecular complexity index is 695. The number of halogens is 2. The van der Waals surface area contributed by atoms with Gasteiger partial charge in [0, 0.05) is 6.20 Å². The van der Waals surface area contributed by atoms with Crippen molar-refractivity contribution in [3.05, 3.63) is 41.3 Å². The summed E-state index contributed by atoms with van der Waals surface area (Å²) in [5.74, 6) is -0.254. The summed E-state index contributed by atoms with van der Waals surface area (Å²) in [5.41, 5.74) is -0.120. The summed E-state index contributed by atoms with van der Waals surface area (Å²) >= 11 is 5.71. The van der Waals surface area contributed by atoms with Gasteiger partial charge in [0.05, 0.1) is 18.7 Å². The van der Waals surface area contributed by atoms with Gasteiger partial charge in [-0.15, -0.1) is 0 Å². The molecule has 0 bridgehead atoms. The molecule has 1 aromatic heterocycles. The monoisotopic (exact) mass is 339 g/mol. The van der Waals surface area contributed by atoms with Crippen LogP contribution in [-0.4, -0.2) is 24.7 Å². The Kier molecular flexibility index (Phi) is 5.59. The summed E-state index contributed by atoms with van der Waals surface area (Å²) in [6.07, 6.45) is 1.38. The zero-order valence-electron chi connectivity index (χ0n) is 12.5. The smallest absolute Gasteiger partial charge is 0.325 e. The maximum absolute atomic E-state index is 14.4. The largest absolute Gasteiger partial charge is 0.494 e. The molecule has 0 fully saturated rings. The number of ether oxygens (including phenoxy) is 2. The van der Waals surface area contributed by atoms with Crippen molar-refractivity contribution < 1.29 is 18.7 Å². The molecule has 8 heteroatoms.